The molecule has 1 aromatic rings. The number of nitrogens with zero attached hydrogens (tertiary/aromatic N) is 1. The fourth-order valence-corrected chi connectivity index (χ4v) is 0.909. The van der Waals surface area contributed by atoms with E-state index in [9.17, 15) is 4.79 Å². The molecule has 0 spiro atoms. The highest BCUT2D eigenvalue weighted by atomic mass is 16.1. The Balaban J connectivity index is 2.95. The molecule has 0 aliphatic carbocycles. The summed E-state index contributed by atoms with van der Waals surface area (Å²) in [6, 6.07) is 2.00. The minimum absolute atomic E-state index is 0.466. The summed E-state index contributed by atoms with van der Waals surface area (Å²) in [6.07, 6.45) is 3.11. The Morgan fingerprint density at radius 1 is 1.55 bits per heavy atom. The minimum atomic E-state index is 0.466. The summed E-state index contributed by atoms with van der Waals surface area (Å²) in [6.45, 7) is 3.96. The third-order valence-corrected chi connectivity index (χ3v) is 1.72. The van der Waals surface area contributed by atoms with E-state index in [4.69, 9.17) is 0 Å². The summed E-state index contributed by atoms with van der Waals surface area (Å²) in [7, 11) is 0. The summed E-state index contributed by atoms with van der Waals surface area (Å²) in [5, 5.41) is 0. The van der Waals surface area contributed by atoms with E-state index in [0.29, 0.717) is 6.42 Å². The first-order chi connectivity index (χ1) is 5.24. The van der Waals surface area contributed by atoms with Crippen LogP contribution in [0.3, 0.4) is 0 Å². The quantitative estimate of drug-likeness (QED) is 0.595. The van der Waals surface area contributed by atoms with Gasteiger partial charge in [-0.25, -0.2) is 0 Å². The summed E-state index contributed by atoms with van der Waals surface area (Å²) in [5.74, 6) is 0. The molecule has 0 amide bonds. The van der Waals surface area contributed by atoms with Gasteiger partial charge in [0.25, 0.3) is 0 Å². The molecular weight excluding hydrogens is 138 g/mol. The molecule has 11 heavy (non-hydrogen) atoms. The van der Waals surface area contributed by atoms with Gasteiger partial charge in [-0.05, 0) is 25.0 Å². The van der Waals surface area contributed by atoms with Crippen molar-refractivity contribution in [1.82, 2.24) is 4.98 Å². The first kappa shape index (κ1) is 7.92. The molecule has 0 aliphatic rings. The number of aromatic nitrogens is 1. The zero-order valence-corrected chi connectivity index (χ0v) is 6.79. The number of hydrogen-bond donors (Lipinski definition) is 0. The predicted octanol–water partition coefficient (Wildman–Crippen LogP) is 1.44. The SMILES string of the molecule is Cc1cc(CC=O)cnc1C. The Morgan fingerprint density at radius 3 is 2.82 bits per heavy atom. The molecule has 0 aromatic carbocycles. The molecule has 2 nitrogen and oxygen atoms in total. The second-order valence-electron chi connectivity index (χ2n) is 2.62. The molecule has 1 heterocycles. The highest BCUT2D eigenvalue weighted by molar-refractivity contribution is 5.54. The van der Waals surface area contributed by atoms with Crippen molar-refractivity contribution >= 4 is 6.29 Å². The van der Waals surface area contributed by atoms with Crippen molar-refractivity contribution < 1.29 is 4.79 Å². The second-order valence-corrected chi connectivity index (χ2v) is 2.62. The largest absolute Gasteiger partial charge is 0.303 e. The van der Waals surface area contributed by atoms with Crippen LogP contribution < -0.4 is 0 Å². The molecule has 0 saturated heterocycles. The van der Waals surface area contributed by atoms with Gasteiger partial charge in [-0.15, -0.1) is 0 Å². The maximum Gasteiger partial charge on any atom is 0.124 e. The highest BCUT2D eigenvalue weighted by Crippen LogP contribution is 2.05. The van der Waals surface area contributed by atoms with Crippen LogP contribution >= 0.6 is 0 Å². The number of carbonyl (C=O) groups excluding carboxylic acids is 1. The van der Waals surface area contributed by atoms with Crippen LogP contribution in [0, 0.1) is 13.8 Å². The molecule has 0 bridgehead atoms. The fourth-order valence-electron chi connectivity index (χ4n) is 0.909. The van der Waals surface area contributed by atoms with Crippen LogP contribution in [0.1, 0.15) is 16.8 Å². The third kappa shape index (κ3) is 1.87. The van der Waals surface area contributed by atoms with E-state index in [1.165, 1.54) is 0 Å². The van der Waals surface area contributed by atoms with Crippen LogP contribution in [0.2, 0.25) is 0 Å². The van der Waals surface area contributed by atoms with Gasteiger partial charge in [0.15, 0.2) is 0 Å². The number of carbonyl (C=O) groups is 1. The number of aryl methyl sites for hydroxylation is 2. The highest BCUT2D eigenvalue weighted by Gasteiger charge is 1.95. The standard InChI is InChI=1S/C9H11NO/c1-7-5-9(3-4-11)6-10-8(7)2/h4-6H,3H2,1-2H3. The maximum absolute atomic E-state index is 10.1. The monoisotopic (exact) mass is 149 g/mol. The van der Waals surface area contributed by atoms with Crippen molar-refractivity contribution in [2.45, 2.75) is 20.3 Å². The van der Waals surface area contributed by atoms with Crippen molar-refractivity contribution in [2.24, 2.45) is 0 Å². The van der Waals surface area contributed by atoms with E-state index in [2.05, 4.69) is 4.98 Å². The first-order valence-corrected chi connectivity index (χ1v) is 3.60. The average molecular weight is 149 g/mol. The van der Waals surface area contributed by atoms with E-state index in [0.717, 1.165) is 23.1 Å². The van der Waals surface area contributed by atoms with Crippen molar-refractivity contribution in [1.29, 1.82) is 0 Å². The molecule has 0 aliphatic heterocycles. The molecule has 0 fully saturated rings. The van der Waals surface area contributed by atoms with Crippen LogP contribution in [-0.2, 0) is 11.2 Å². The lowest BCUT2D eigenvalue weighted by Crippen LogP contribution is -1.92. The van der Waals surface area contributed by atoms with Gasteiger partial charge in [-0.1, -0.05) is 6.07 Å². The number of rotatable bonds is 2. The topological polar surface area (TPSA) is 30.0 Å². The van der Waals surface area contributed by atoms with Gasteiger partial charge in [0.05, 0.1) is 0 Å². The van der Waals surface area contributed by atoms with Crippen molar-refractivity contribution in [3.05, 3.63) is 29.1 Å². The molecular formula is C9H11NO. The third-order valence-electron chi connectivity index (χ3n) is 1.72. The molecule has 1 aromatic heterocycles. The average Bonchev–Trinajstić information content (AvgIpc) is 1.98. The Kier molecular flexibility index (Phi) is 2.36. The second kappa shape index (κ2) is 3.28. The fraction of sp³-hybridized carbons (Fsp3) is 0.333. The summed E-state index contributed by atoms with van der Waals surface area (Å²) >= 11 is 0. The molecule has 0 saturated carbocycles. The molecule has 0 unspecified atom stereocenters. The summed E-state index contributed by atoms with van der Waals surface area (Å²) < 4.78 is 0. The molecule has 0 radical (unpaired) electrons. The van der Waals surface area contributed by atoms with Gasteiger partial charge < -0.3 is 4.79 Å². The van der Waals surface area contributed by atoms with E-state index < -0.39 is 0 Å². The van der Waals surface area contributed by atoms with Gasteiger partial charge in [0, 0.05) is 18.3 Å². The molecule has 58 valence electrons. The lowest BCUT2D eigenvalue weighted by molar-refractivity contribution is -0.107. The van der Waals surface area contributed by atoms with Gasteiger partial charge >= 0.3 is 0 Å². The zero-order chi connectivity index (χ0) is 8.27. The van der Waals surface area contributed by atoms with E-state index in [-0.39, 0.29) is 0 Å². The van der Waals surface area contributed by atoms with Crippen LogP contribution in [-0.4, -0.2) is 11.3 Å². The van der Waals surface area contributed by atoms with Crippen LogP contribution in [0.4, 0.5) is 0 Å². The summed E-state index contributed by atoms with van der Waals surface area (Å²) in [4.78, 5) is 14.3. The maximum atomic E-state index is 10.1. The van der Waals surface area contributed by atoms with E-state index in [1.54, 1.807) is 6.20 Å². The van der Waals surface area contributed by atoms with Crippen molar-refractivity contribution in [2.75, 3.05) is 0 Å². The van der Waals surface area contributed by atoms with Gasteiger partial charge in [0.2, 0.25) is 0 Å². The first-order valence-electron chi connectivity index (χ1n) is 3.60. The van der Waals surface area contributed by atoms with Crippen LogP contribution in [0.15, 0.2) is 12.3 Å². The van der Waals surface area contributed by atoms with Gasteiger partial charge in [-0.2, -0.15) is 0 Å². The number of aldehydes is 1. The van der Waals surface area contributed by atoms with Crippen LogP contribution in [0.5, 0.6) is 0 Å². The van der Waals surface area contributed by atoms with Crippen molar-refractivity contribution in [3.63, 3.8) is 0 Å². The Hall–Kier alpha value is -1.18. The smallest absolute Gasteiger partial charge is 0.124 e. The van der Waals surface area contributed by atoms with Gasteiger partial charge in [0.1, 0.15) is 6.29 Å². The molecule has 1 rings (SSSR count). The van der Waals surface area contributed by atoms with Crippen molar-refractivity contribution in [3.8, 4) is 0 Å². The van der Waals surface area contributed by atoms with E-state index >= 15 is 0 Å². The van der Waals surface area contributed by atoms with E-state index in [1.807, 2.05) is 19.9 Å². The molecule has 0 N–H and O–H groups in total. The molecule has 0 atom stereocenters. The normalized spacial score (nSPS) is 9.64. The molecule has 2 heteroatoms. The lowest BCUT2D eigenvalue weighted by Gasteiger charge is -1.99. The zero-order valence-electron chi connectivity index (χ0n) is 6.79. The minimum Gasteiger partial charge on any atom is -0.303 e. The van der Waals surface area contributed by atoms with Gasteiger partial charge in [-0.3, -0.25) is 4.98 Å². The lowest BCUT2D eigenvalue weighted by atomic mass is 10.1. The Labute approximate surface area is 66.3 Å². The number of pyridine rings is 1. The Bertz CT molecular complexity index is 268. The number of hydrogen-bond acceptors (Lipinski definition) is 2. The van der Waals surface area contributed by atoms with Crippen LogP contribution in [0.25, 0.3) is 0 Å². The summed E-state index contributed by atoms with van der Waals surface area (Å²) in [5.41, 5.74) is 3.16. The predicted molar refractivity (Wildman–Crippen MR) is 43.5 cm³/mol. The Morgan fingerprint density at radius 2 is 2.27 bits per heavy atom.